The third-order valence-corrected chi connectivity index (χ3v) is 4.90. The number of rotatable bonds is 6. The van der Waals surface area contributed by atoms with Crippen molar-refractivity contribution in [1.82, 2.24) is 9.47 Å². The molecule has 0 bridgehead atoms. The fraction of sp³-hybridized carbons (Fsp3) is 0.304. The Kier molecular flexibility index (Phi) is 5.28. The number of nitrogens with zero attached hydrogens (tertiary/aromatic N) is 2. The van der Waals surface area contributed by atoms with Gasteiger partial charge in [-0.25, -0.2) is 0 Å². The van der Waals surface area contributed by atoms with Gasteiger partial charge in [-0.05, 0) is 37.6 Å². The number of para-hydroxylation sites is 2. The molecule has 1 unspecified atom stereocenters. The highest BCUT2D eigenvalue weighted by Crippen LogP contribution is 2.31. The van der Waals surface area contributed by atoms with Crippen molar-refractivity contribution in [3.05, 3.63) is 83.7 Å². The monoisotopic (exact) mass is 362 g/mol. The maximum absolute atomic E-state index is 6.06. The fourth-order valence-electron chi connectivity index (χ4n) is 3.68. The van der Waals surface area contributed by atoms with Crippen molar-refractivity contribution in [2.45, 2.75) is 26.6 Å². The van der Waals surface area contributed by atoms with Crippen molar-refractivity contribution < 1.29 is 9.47 Å². The van der Waals surface area contributed by atoms with Gasteiger partial charge in [0, 0.05) is 31.0 Å². The van der Waals surface area contributed by atoms with Gasteiger partial charge >= 0.3 is 0 Å². The van der Waals surface area contributed by atoms with Crippen LogP contribution < -0.4 is 4.74 Å². The maximum atomic E-state index is 6.06. The summed E-state index contributed by atoms with van der Waals surface area (Å²) in [4.78, 5) is 2.39. The van der Waals surface area contributed by atoms with Crippen LogP contribution in [-0.4, -0.2) is 29.2 Å². The van der Waals surface area contributed by atoms with E-state index in [1.165, 1.54) is 16.7 Å². The van der Waals surface area contributed by atoms with E-state index in [1.807, 2.05) is 25.1 Å². The lowest BCUT2D eigenvalue weighted by molar-refractivity contribution is 0.0288. The van der Waals surface area contributed by atoms with Crippen LogP contribution in [0.2, 0.25) is 0 Å². The predicted octanol–water partition coefficient (Wildman–Crippen LogP) is 4.72. The quantitative estimate of drug-likeness (QED) is 0.635. The molecule has 0 spiro atoms. The molecule has 27 heavy (non-hydrogen) atoms. The van der Waals surface area contributed by atoms with E-state index >= 15 is 0 Å². The Morgan fingerprint density at radius 1 is 1.11 bits per heavy atom. The minimum atomic E-state index is -0.00832. The van der Waals surface area contributed by atoms with Gasteiger partial charge in [0.2, 0.25) is 0 Å². The molecular weight excluding hydrogens is 336 g/mol. The summed E-state index contributed by atoms with van der Waals surface area (Å²) in [7, 11) is 0. The van der Waals surface area contributed by atoms with Gasteiger partial charge in [0.15, 0.2) is 0 Å². The summed E-state index contributed by atoms with van der Waals surface area (Å²) in [5.41, 5.74) is 4.84. The highest BCUT2D eigenvalue weighted by molar-refractivity contribution is 5.47. The zero-order valence-electron chi connectivity index (χ0n) is 16.0. The predicted molar refractivity (Wildman–Crippen MR) is 107 cm³/mol. The summed E-state index contributed by atoms with van der Waals surface area (Å²) in [5.74, 6) is 0.895. The van der Waals surface area contributed by atoms with Gasteiger partial charge in [-0.2, -0.15) is 0 Å². The molecule has 4 heteroatoms. The molecule has 2 heterocycles. The number of ether oxygens (including phenoxy) is 2. The lowest BCUT2D eigenvalue weighted by Crippen LogP contribution is -2.23. The molecule has 1 aromatic heterocycles. The second kappa shape index (κ2) is 7.99. The van der Waals surface area contributed by atoms with Crippen LogP contribution in [-0.2, 0) is 11.3 Å². The molecule has 2 aromatic carbocycles. The highest BCUT2D eigenvalue weighted by atomic mass is 16.5. The molecule has 0 saturated carbocycles. The van der Waals surface area contributed by atoms with Crippen molar-refractivity contribution >= 4 is 0 Å². The van der Waals surface area contributed by atoms with Gasteiger partial charge in [0.1, 0.15) is 12.0 Å². The first-order valence-electron chi connectivity index (χ1n) is 9.56. The molecule has 0 amide bonds. The van der Waals surface area contributed by atoms with Crippen LogP contribution in [0, 0.1) is 6.92 Å². The molecule has 1 saturated heterocycles. The summed E-state index contributed by atoms with van der Waals surface area (Å²) in [5, 5.41) is 0. The van der Waals surface area contributed by atoms with Gasteiger partial charge < -0.3 is 14.0 Å². The van der Waals surface area contributed by atoms with Crippen molar-refractivity contribution in [2.75, 3.05) is 19.8 Å². The zero-order valence-corrected chi connectivity index (χ0v) is 16.0. The summed E-state index contributed by atoms with van der Waals surface area (Å²) >= 11 is 0. The van der Waals surface area contributed by atoms with E-state index in [2.05, 4.69) is 65.2 Å². The third kappa shape index (κ3) is 3.92. The lowest BCUT2D eigenvalue weighted by atomic mass is 10.1. The molecular formula is C23H26N2O2. The molecule has 0 aliphatic carbocycles. The molecule has 0 N–H and O–H groups in total. The smallest absolute Gasteiger partial charge is 0.143 e. The molecule has 0 radical (unpaired) electrons. The van der Waals surface area contributed by atoms with E-state index in [9.17, 15) is 0 Å². The minimum absolute atomic E-state index is 0.00832. The summed E-state index contributed by atoms with van der Waals surface area (Å²) in [6, 6.07) is 19.0. The SMILES string of the molecule is CCOc1ccccc1-n1ccc(C2OCCN2Cc2cccc(C)c2)c1. The average Bonchev–Trinajstić information content (AvgIpc) is 3.32. The van der Waals surface area contributed by atoms with Crippen LogP contribution in [0.3, 0.4) is 0 Å². The van der Waals surface area contributed by atoms with Gasteiger partial charge in [-0.3, -0.25) is 4.90 Å². The van der Waals surface area contributed by atoms with E-state index in [1.54, 1.807) is 0 Å². The number of hydrogen-bond donors (Lipinski definition) is 0. The summed E-state index contributed by atoms with van der Waals surface area (Å²) in [6.45, 7) is 7.40. The van der Waals surface area contributed by atoms with Crippen molar-refractivity contribution in [3.8, 4) is 11.4 Å². The second-order valence-electron chi connectivity index (χ2n) is 6.94. The fourth-order valence-corrected chi connectivity index (χ4v) is 3.68. The molecule has 4 nitrogen and oxygen atoms in total. The lowest BCUT2D eigenvalue weighted by Gasteiger charge is -2.22. The molecule has 1 atom stereocenters. The normalized spacial score (nSPS) is 17.3. The van der Waals surface area contributed by atoms with E-state index in [-0.39, 0.29) is 6.23 Å². The Morgan fingerprint density at radius 2 is 2.00 bits per heavy atom. The van der Waals surface area contributed by atoms with Crippen LogP contribution in [0.15, 0.2) is 67.0 Å². The number of benzene rings is 2. The third-order valence-electron chi connectivity index (χ3n) is 4.90. The molecule has 1 fully saturated rings. The van der Waals surface area contributed by atoms with Gasteiger partial charge in [-0.15, -0.1) is 0 Å². The van der Waals surface area contributed by atoms with Gasteiger partial charge in [0.25, 0.3) is 0 Å². The van der Waals surface area contributed by atoms with Crippen molar-refractivity contribution in [3.63, 3.8) is 0 Å². The van der Waals surface area contributed by atoms with E-state index in [0.29, 0.717) is 6.61 Å². The molecule has 140 valence electrons. The highest BCUT2D eigenvalue weighted by Gasteiger charge is 2.27. The second-order valence-corrected chi connectivity index (χ2v) is 6.94. The Morgan fingerprint density at radius 3 is 2.85 bits per heavy atom. The van der Waals surface area contributed by atoms with E-state index in [0.717, 1.165) is 31.1 Å². The Bertz CT molecular complexity index is 903. The Balaban J connectivity index is 1.55. The first kappa shape index (κ1) is 17.8. The molecule has 1 aliphatic rings. The molecule has 1 aliphatic heterocycles. The Hall–Kier alpha value is -2.56. The average molecular weight is 362 g/mol. The van der Waals surface area contributed by atoms with Crippen molar-refractivity contribution in [1.29, 1.82) is 0 Å². The zero-order chi connectivity index (χ0) is 18.6. The van der Waals surface area contributed by atoms with Crippen LogP contribution in [0.1, 0.15) is 29.8 Å². The van der Waals surface area contributed by atoms with Gasteiger partial charge in [0.05, 0.1) is 18.9 Å². The Labute approximate surface area is 161 Å². The van der Waals surface area contributed by atoms with Crippen LogP contribution >= 0.6 is 0 Å². The van der Waals surface area contributed by atoms with E-state index < -0.39 is 0 Å². The minimum Gasteiger partial charge on any atom is -0.492 e. The standard InChI is InChI=1S/C23H26N2O2/c1-3-26-22-10-5-4-9-21(22)24-12-11-20(17-24)23-25(13-14-27-23)16-19-8-6-7-18(2)15-19/h4-12,15,17,23H,3,13-14,16H2,1-2H3. The first-order chi connectivity index (χ1) is 13.2. The largest absolute Gasteiger partial charge is 0.492 e. The van der Waals surface area contributed by atoms with Crippen molar-refractivity contribution in [2.24, 2.45) is 0 Å². The van der Waals surface area contributed by atoms with Crippen LogP contribution in [0.25, 0.3) is 5.69 Å². The number of aryl methyl sites for hydroxylation is 1. The first-order valence-corrected chi connectivity index (χ1v) is 9.56. The summed E-state index contributed by atoms with van der Waals surface area (Å²) < 4.78 is 14.0. The van der Waals surface area contributed by atoms with Crippen LogP contribution in [0.5, 0.6) is 5.75 Å². The topological polar surface area (TPSA) is 26.6 Å². The summed E-state index contributed by atoms with van der Waals surface area (Å²) in [6.07, 6.45) is 4.22. The number of hydrogen-bond acceptors (Lipinski definition) is 3. The molecule has 3 aromatic rings. The maximum Gasteiger partial charge on any atom is 0.143 e. The number of aromatic nitrogens is 1. The molecule has 4 rings (SSSR count). The van der Waals surface area contributed by atoms with Gasteiger partial charge in [-0.1, -0.05) is 42.0 Å². The van der Waals surface area contributed by atoms with E-state index in [4.69, 9.17) is 9.47 Å². The van der Waals surface area contributed by atoms with Crippen LogP contribution in [0.4, 0.5) is 0 Å².